The highest BCUT2D eigenvalue weighted by Crippen LogP contribution is 2.62. The van der Waals surface area contributed by atoms with Crippen molar-refractivity contribution in [2.45, 2.75) is 140 Å². The monoisotopic (exact) mass is 961 g/mol. The molecule has 69 heavy (non-hydrogen) atoms. The van der Waals surface area contributed by atoms with Gasteiger partial charge in [0.1, 0.15) is 30.8 Å². The number of allylic oxidation sites excluding steroid dienone is 1. The van der Waals surface area contributed by atoms with E-state index < -0.39 is 22.7 Å². The quantitative estimate of drug-likeness (QED) is 0.0196. The number of nitro benzene ring substituents is 1. The minimum absolute atomic E-state index is 0.0165. The van der Waals surface area contributed by atoms with E-state index in [0.29, 0.717) is 42.9 Å². The first-order chi connectivity index (χ1) is 33.8. The second-order valence-electron chi connectivity index (χ2n) is 19.2. The van der Waals surface area contributed by atoms with Crippen LogP contribution in [0.2, 0.25) is 0 Å². The van der Waals surface area contributed by atoms with Gasteiger partial charge in [0.2, 0.25) is 11.7 Å². The first-order valence-electron chi connectivity index (χ1n) is 26.0. The van der Waals surface area contributed by atoms with Crippen LogP contribution in [0, 0.1) is 27.9 Å². The number of aliphatic hydroxyl groups excluding tert-OH is 3. The summed E-state index contributed by atoms with van der Waals surface area (Å²) in [4.78, 5) is 36.4. The number of hydrogen-bond acceptors (Lipinski definition) is 13. The number of nitro groups is 1. The first kappa shape index (κ1) is 54.0. The highest BCUT2D eigenvalue weighted by Gasteiger charge is 2.65. The van der Waals surface area contributed by atoms with Gasteiger partial charge in [-0.1, -0.05) is 88.4 Å². The summed E-state index contributed by atoms with van der Waals surface area (Å²) in [6.07, 6.45) is 19.2. The number of hydrogen-bond donors (Lipinski definition) is 3. The van der Waals surface area contributed by atoms with Gasteiger partial charge in [0.15, 0.2) is 0 Å². The van der Waals surface area contributed by atoms with Crippen LogP contribution in [0.25, 0.3) is 0 Å². The number of non-ortho nitro benzene ring substituents is 1. The van der Waals surface area contributed by atoms with Crippen LogP contribution in [0.5, 0.6) is 11.5 Å². The second-order valence-corrected chi connectivity index (χ2v) is 19.2. The van der Waals surface area contributed by atoms with Crippen LogP contribution in [0.4, 0.5) is 5.69 Å². The topological polar surface area (TPSA) is 186 Å². The Morgan fingerprint density at radius 3 is 2.33 bits per heavy atom. The molecular formula is C54H80N4O11. The number of oxime groups is 1. The average molecular weight is 961 g/mol. The summed E-state index contributed by atoms with van der Waals surface area (Å²) < 4.78 is 26.9. The number of amides is 1. The molecule has 15 heteroatoms. The molecule has 0 aromatic heterocycles. The van der Waals surface area contributed by atoms with E-state index >= 15 is 4.79 Å². The Morgan fingerprint density at radius 1 is 0.928 bits per heavy atom. The van der Waals surface area contributed by atoms with E-state index in [4.69, 9.17) is 28.9 Å². The largest absolute Gasteiger partial charge is 0.492 e. The Balaban J connectivity index is 1.46. The van der Waals surface area contributed by atoms with E-state index in [1.165, 1.54) is 44.2 Å². The van der Waals surface area contributed by atoms with Crippen LogP contribution in [0.15, 0.2) is 71.9 Å². The van der Waals surface area contributed by atoms with E-state index in [1.54, 1.807) is 18.2 Å². The van der Waals surface area contributed by atoms with Crippen molar-refractivity contribution in [1.29, 1.82) is 0 Å². The molecule has 0 bridgehead atoms. The predicted octanol–water partition coefficient (Wildman–Crippen LogP) is 8.88. The molecule has 3 N–H and O–H groups in total. The SMILES string of the molecule is C=CCOC12Oc3ccc(OCCN4CC4)cc3C3C(CCCCO)C(CCCCO)C=C(C(=NOCc4ccc([N+](=O)[O-])cc4)CC1N(CCOCCO)C(=O)CCCCCCCCCCC)C32. The minimum Gasteiger partial charge on any atom is -0.492 e. The summed E-state index contributed by atoms with van der Waals surface area (Å²) in [5.74, 6) is -0.680. The molecule has 2 aromatic rings. The molecule has 2 aromatic carbocycles. The second kappa shape index (κ2) is 28.5. The summed E-state index contributed by atoms with van der Waals surface area (Å²) in [7, 11) is 0. The molecule has 1 amide bonds. The molecule has 4 aliphatic rings. The highest BCUT2D eigenvalue weighted by molar-refractivity contribution is 6.03. The van der Waals surface area contributed by atoms with Gasteiger partial charge in [-0.25, -0.2) is 0 Å². The smallest absolute Gasteiger partial charge is 0.269 e. The third-order valence-electron chi connectivity index (χ3n) is 14.3. The summed E-state index contributed by atoms with van der Waals surface area (Å²) in [5, 5.41) is 46.0. The fraction of sp³-hybridized carbons (Fsp3) is 0.667. The Morgan fingerprint density at radius 2 is 1.65 bits per heavy atom. The number of carbonyl (C=O) groups is 1. The van der Waals surface area contributed by atoms with E-state index in [-0.39, 0.29) is 88.6 Å². The van der Waals surface area contributed by atoms with Crippen molar-refractivity contribution in [1.82, 2.24) is 9.80 Å². The van der Waals surface area contributed by atoms with E-state index in [2.05, 4.69) is 30.5 Å². The number of benzene rings is 2. The zero-order chi connectivity index (χ0) is 48.9. The average Bonchev–Trinajstić information content (AvgIpc) is 4.19. The molecule has 1 saturated heterocycles. The molecule has 0 spiro atoms. The van der Waals surface area contributed by atoms with Crippen LogP contribution in [-0.4, -0.2) is 126 Å². The van der Waals surface area contributed by atoms with Crippen molar-refractivity contribution < 1.29 is 48.8 Å². The molecule has 0 radical (unpaired) electrons. The number of nitrogens with zero attached hydrogens (tertiary/aromatic N) is 4. The van der Waals surface area contributed by atoms with Gasteiger partial charge in [0.05, 0.1) is 43.0 Å². The molecule has 2 aliphatic heterocycles. The van der Waals surface area contributed by atoms with Crippen molar-refractivity contribution in [3.63, 3.8) is 0 Å². The lowest BCUT2D eigenvalue weighted by Crippen LogP contribution is -2.70. The maximum atomic E-state index is 15.0. The molecule has 6 rings (SSSR count). The first-order valence-corrected chi connectivity index (χ1v) is 26.0. The van der Waals surface area contributed by atoms with Crippen LogP contribution in [0.1, 0.15) is 133 Å². The number of unbranched alkanes of at least 4 members (excludes halogenated alkanes) is 10. The van der Waals surface area contributed by atoms with Gasteiger partial charge in [0.25, 0.3) is 5.69 Å². The van der Waals surface area contributed by atoms with Gasteiger partial charge in [-0.15, -0.1) is 6.58 Å². The van der Waals surface area contributed by atoms with Gasteiger partial charge in [0, 0.05) is 75.8 Å². The Kier molecular flexibility index (Phi) is 22.3. The number of rotatable bonds is 35. The van der Waals surface area contributed by atoms with Gasteiger partial charge in [-0.2, -0.15) is 0 Å². The summed E-state index contributed by atoms with van der Waals surface area (Å²) in [6.45, 7) is 10.6. The zero-order valence-electron chi connectivity index (χ0n) is 41.2. The lowest BCUT2D eigenvalue weighted by Gasteiger charge is -2.60. The van der Waals surface area contributed by atoms with Crippen LogP contribution in [-0.2, 0) is 25.7 Å². The van der Waals surface area contributed by atoms with Gasteiger partial charge < -0.3 is 44.0 Å². The fourth-order valence-corrected chi connectivity index (χ4v) is 10.7. The molecule has 6 unspecified atom stereocenters. The van der Waals surface area contributed by atoms with E-state index in [1.807, 2.05) is 17.0 Å². The molecule has 1 saturated carbocycles. The van der Waals surface area contributed by atoms with Crippen molar-refractivity contribution in [3.05, 3.63) is 88.0 Å². The van der Waals surface area contributed by atoms with Crippen LogP contribution in [0.3, 0.4) is 0 Å². The maximum Gasteiger partial charge on any atom is 0.269 e. The van der Waals surface area contributed by atoms with Gasteiger partial charge in [-0.05, 0) is 85.4 Å². The van der Waals surface area contributed by atoms with Crippen molar-refractivity contribution in [2.24, 2.45) is 22.9 Å². The molecule has 2 aliphatic carbocycles. The predicted molar refractivity (Wildman–Crippen MR) is 266 cm³/mol. The molecule has 2 fully saturated rings. The zero-order valence-corrected chi connectivity index (χ0v) is 41.2. The van der Waals surface area contributed by atoms with Gasteiger partial charge >= 0.3 is 0 Å². The lowest BCUT2D eigenvalue weighted by atomic mass is 9.55. The number of carbonyl (C=O) groups excluding carboxylic acids is 1. The third-order valence-corrected chi connectivity index (χ3v) is 14.3. The molecule has 382 valence electrons. The Hall–Kier alpha value is -4.38. The number of aliphatic hydroxyl groups is 3. The fourth-order valence-electron chi connectivity index (χ4n) is 10.7. The maximum absolute atomic E-state index is 15.0. The van der Waals surface area contributed by atoms with E-state index in [9.17, 15) is 25.4 Å². The standard InChI is InChI=1S/C54H80N4O11/c1-3-5-6-7-8-9-10-11-12-19-51(62)57(29-34-65-36-32-61)50-39-48(55-68-40-41-20-22-43(23-21-41)58(63)64)46-37-42(17-13-15-30-59)45(18-14-16-31-60)52-47-38-44(66-35-28-56-26-27-56)24-25-49(47)69-54(50,53(46)52)67-33-4-2/h4,20-25,37-38,42,45,50,52-53,59-61H,2-3,5-19,26-36,39-40H2,1H3. The highest BCUT2D eigenvalue weighted by atomic mass is 16.7. The summed E-state index contributed by atoms with van der Waals surface area (Å²) >= 11 is 0. The molecule has 15 nitrogen and oxygen atoms in total. The molecular weight excluding hydrogens is 881 g/mol. The summed E-state index contributed by atoms with van der Waals surface area (Å²) in [5.41, 5.74) is 3.25. The molecule has 6 atom stereocenters. The third kappa shape index (κ3) is 15.1. The normalized spacial score (nSPS) is 23.1. The van der Waals surface area contributed by atoms with E-state index in [0.717, 1.165) is 87.9 Å². The summed E-state index contributed by atoms with van der Waals surface area (Å²) in [6, 6.07) is 11.6. The number of fused-ring (bicyclic) bond motifs is 2. The van der Waals surface area contributed by atoms with Crippen molar-refractivity contribution in [2.75, 3.05) is 72.4 Å². The van der Waals surface area contributed by atoms with Crippen LogP contribution >= 0.6 is 0 Å². The van der Waals surface area contributed by atoms with Crippen molar-refractivity contribution >= 4 is 17.3 Å². The minimum atomic E-state index is -1.42. The number of ether oxygens (including phenoxy) is 4. The lowest BCUT2D eigenvalue weighted by molar-refractivity contribution is -0.384. The Labute approximate surface area is 410 Å². The molecule has 2 heterocycles. The van der Waals surface area contributed by atoms with Crippen molar-refractivity contribution in [3.8, 4) is 11.5 Å². The van der Waals surface area contributed by atoms with Gasteiger partial charge in [-0.3, -0.25) is 19.8 Å². The van der Waals surface area contributed by atoms with Crippen LogP contribution < -0.4 is 9.47 Å². The Bertz CT molecular complexity index is 1960.